The molecule has 0 amide bonds. The summed E-state index contributed by atoms with van der Waals surface area (Å²) in [5, 5.41) is -0.669. The quantitative estimate of drug-likeness (QED) is 0.195. The summed E-state index contributed by atoms with van der Waals surface area (Å²) in [5.41, 5.74) is -2.20. The van der Waals surface area contributed by atoms with Crippen LogP contribution in [0.25, 0.3) is 6.08 Å². The molecule has 0 unspecified atom stereocenters. The van der Waals surface area contributed by atoms with Gasteiger partial charge in [-0.2, -0.15) is 26.3 Å². The molecular formula is C22H20BrCl2F7O2. The van der Waals surface area contributed by atoms with E-state index in [9.17, 15) is 35.5 Å². The van der Waals surface area contributed by atoms with Crippen LogP contribution in [0.5, 0.6) is 0 Å². The minimum absolute atomic E-state index is 0.215. The van der Waals surface area contributed by atoms with Crippen molar-refractivity contribution < 1.29 is 41.6 Å². The number of benzene rings is 2. The standard InChI is InChI=1S/C14H14ClF3O2.C7H3BrClF3.CH3F/c1-13(2,3)20-12(19)7-5-9-4-6-11(15)10(8-9)14(16,17)18;8-4-1-2-6(9)5(3-4)7(10,11)12;1-2/h4-8H,1-3H3;1-3H;1H3/b7-5+;;/i;;1D. The van der Waals surface area contributed by atoms with Crippen LogP contribution >= 0.6 is 39.1 Å². The smallest absolute Gasteiger partial charge is 0.417 e. The Balaban J connectivity index is 0.000000652. The van der Waals surface area contributed by atoms with Gasteiger partial charge in [0.05, 0.1) is 29.7 Å². The minimum atomic E-state index is -4.53. The fourth-order valence-electron chi connectivity index (χ4n) is 2.08. The molecule has 0 bridgehead atoms. The number of hydrogen-bond acceptors (Lipinski definition) is 2. The molecule has 0 aliphatic rings. The highest BCUT2D eigenvalue weighted by atomic mass is 79.9. The Morgan fingerprint density at radius 1 is 0.941 bits per heavy atom. The van der Waals surface area contributed by atoms with Crippen molar-refractivity contribution in [1.29, 1.82) is 0 Å². The molecule has 2 aromatic rings. The Morgan fingerprint density at radius 2 is 1.38 bits per heavy atom. The highest BCUT2D eigenvalue weighted by molar-refractivity contribution is 9.10. The van der Waals surface area contributed by atoms with E-state index in [-0.39, 0.29) is 15.6 Å². The van der Waals surface area contributed by atoms with Gasteiger partial charge in [0.2, 0.25) is 0 Å². The number of halogens is 10. The van der Waals surface area contributed by atoms with Crippen LogP contribution in [-0.4, -0.2) is 18.7 Å². The fraction of sp³-hybridized carbons (Fsp3) is 0.318. The molecule has 0 aliphatic heterocycles. The Labute approximate surface area is 212 Å². The maximum Gasteiger partial charge on any atom is 0.417 e. The van der Waals surface area contributed by atoms with Gasteiger partial charge in [0.15, 0.2) is 0 Å². The summed E-state index contributed by atoms with van der Waals surface area (Å²) < 4.78 is 95.2. The molecule has 0 fully saturated rings. The summed E-state index contributed by atoms with van der Waals surface area (Å²) >= 11 is 13.8. The van der Waals surface area contributed by atoms with Gasteiger partial charge in [-0.3, -0.25) is 4.39 Å². The monoisotopic (exact) mass is 599 g/mol. The first kappa shape index (κ1) is 30.3. The zero-order valence-electron chi connectivity index (χ0n) is 18.9. The number of rotatable bonds is 2. The van der Waals surface area contributed by atoms with Crippen molar-refractivity contribution in [2.75, 3.05) is 7.15 Å². The van der Waals surface area contributed by atoms with Crippen LogP contribution < -0.4 is 0 Å². The highest BCUT2D eigenvalue weighted by Crippen LogP contribution is 2.36. The summed E-state index contributed by atoms with van der Waals surface area (Å²) in [5.74, 6) is -0.624. The predicted molar refractivity (Wildman–Crippen MR) is 123 cm³/mol. The first-order chi connectivity index (χ1) is 15.8. The molecule has 0 spiro atoms. The van der Waals surface area contributed by atoms with E-state index in [1.165, 1.54) is 24.3 Å². The van der Waals surface area contributed by atoms with Crippen LogP contribution in [0.15, 0.2) is 46.9 Å². The lowest BCUT2D eigenvalue weighted by Gasteiger charge is -2.17. The van der Waals surface area contributed by atoms with Gasteiger partial charge in [-0.1, -0.05) is 45.2 Å². The number of alkyl halides is 7. The van der Waals surface area contributed by atoms with Crippen molar-refractivity contribution >= 4 is 51.2 Å². The molecule has 34 heavy (non-hydrogen) atoms. The average Bonchev–Trinajstić information content (AvgIpc) is 2.67. The maximum absolute atomic E-state index is 12.6. The third-order valence-corrected chi connectivity index (χ3v) is 4.50. The van der Waals surface area contributed by atoms with Crippen molar-refractivity contribution in [1.82, 2.24) is 0 Å². The Hall–Kier alpha value is -1.78. The Morgan fingerprint density at radius 3 is 1.79 bits per heavy atom. The fourth-order valence-corrected chi connectivity index (χ4v) is 2.89. The number of ether oxygens (including phenoxy) is 1. The summed E-state index contributed by atoms with van der Waals surface area (Å²) in [6.07, 6.45) is -6.60. The van der Waals surface area contributed by atoms with Crippen LogP contribution in [0.4, 0.5) is 30.7 Å². The predicted octanol–water partition coefficient (Wildman–Crippen LogP) is 9.42. The maximum atomic E-state index is 12.6. The van der Waals surface area contributed by atoms with Gasteiger partial charge in [-0.05, 0) is 62.7 Å². The van der Waals surface area contributed by atoms with Crippen LogP contribution in [0.1, 0.15) is 38.8 Å². The van der Waals surface area contributed by atoms with Crippen LogP contribution in [0, 0.1) is 0 Å². The van der Waals surface area contributed by atoms with Crippen molar-refractivity contribution in [2.24, 2.45) is 0 Å². The normalized spacial score (nSPS) is 12.2. The van der Waals surface area contributed by atoms with Crippen molar-refractivity contribution in [3.05, 3.63) is 73.7 Å². The van der Waals surface area contributed by atoms with E-state index in [0.29, 0.717) is 4.47 Å². The Kier molecular flexibility index (Phi) is 11.9. The zero-order chi connectivity index (χ0) is 27.6. The topological polar surface area (TPSA) is 26.3 Å². The van der Waals surface area contributed by atoms with Crippen LogP contribution in [0.2, 0.25) is 10.0 Å². The third kappa shape index (κ3) is 12.1. The first-order valence-electron chi connectivity index (χ1n) is 9.67. The van der Waals surface area contributed by atoms with Crippen LogP contribution in [-0.2, 0) is 21.9 Å². The minimum Gasteiger partial charge on any atom is -0.457 e. The summed E-state index contributed by atoms with van der Waals surface area (Å²) in [6.45, 7) is 5.09. The van der Waals surface area contributed by atoms with Crippen molar-refractivity contribution in [3.63, 3.8) is 0 Å². The van der Waals surface area contributed by atoms with Gasteiger partial charge in [-0.25, -0.2) is 4.79 Å². The molecule has 2 nitrogen and oxygen atoms in total. The number of carbonyl (C=O) groups excluding carboxylic acids is 1. The van der Waals surface area contributed by atoms with Gasteiger partial charge >= 0.3 is 18.3 Å². The lowest BCUT2D eigenvalue weighted by molar-refractivity contribution is -0.148. The summed E-state index contributed by atoms with van der Waals surface area (Å²) in [4.78, 5) is 11.4. The van der Waals surface area contributed by atoms with Gasteiger partial charge in [-0.15, -0.1) is 0 Å². The number of hydrogen-bond donors (Lipinski definition) is 0. The molecule has 0 aliphatic carbocycles. The van der Waals surface area contributed by atoms with E-state index in [1.807, 2.05) is 0 Å². The number of esters is 1. The van der Waals surface area contributed by atoms with E-state index in [2.05, 4.69) is 15.9 Å². The van der Waals surface area contributed by atoms with Gasteiger partial charge in [0, 0.05) is 10.5 Å². The lowest BCUT2D eigenvalue weighted by Crippen LogP contribution is -2.22. The average molecular weight is 601 g/mol. The second kappa shape index (κ2) is 13.3. The molecule has 0 saturated heterocycles. The molecule has 190 valence electrons. The van der Waals surface area contributed by atoms with E-state index in [0.717, 1.165) is 24.3 Å². The SMILES string of the molecule is CC(C)(C)OC(=O)/C=C/c1ccc(Cl)c(C(F)(F)F)c1.FC(F)(F)c1cc(Br)ccc1Cl.[2H]CF. The highest BCUT2D eigenvalue weighted by Gasteiger charge is 2.33. The van der Waals surface area contributed by atoms with E-state index < -0.39 is 42.2 Å². The Bertz CT molecular complexity index is 1000. The molecule has 0 aromatic heterocycles. The molecule has 0 heterocycles. The van der Waals surface area contributed by atoms with Gasteiger partial charge < -0.3 is 4.74 Å². The third-order valence-electron chi connectivity index (χ3n) is 3.35. The van der Waals surface area contributed by atoms with Crippen molar-refractivity contribution in [3.8, 4) is 0 Å². The van der Waals surface area contributed by atoms with E-state index in [1.54, 1.807) is 20.8 Å². The molecule has 0 radical (unpaired) electrons. The van der Waals surface area contributed by atoms with Crippen LogP contribution in [0.3, 0.4) is 0 Å². The molecule has 12 heteroatoms. The molecule has 0 saturated carbocycles. The zero-order valence-corrected chi connectivity index (χ0v) is 21.0. The van der Waals surface area contributed by atoms with E-state index in [4.69, 9.17) is 29.3 Å². The van der Waals surface area contributed by atoms with Gasteiger partial charge in [0.25, 0.3) is 0 Å². The first-order valence-corrected chi connectivity index (χ1v) is 10.5. The lowest BCUT2D eigenvalue weighted by atomic mass is 10.1. The molecule has 2 aromatic carbocycles. The second-order valence-corrected chi connectivity index (χ2v) is 8.96. The largest absolute Gasteiger partial charge is 0.457 e. The summed E-state index contributed by atoms with van der Waals surface area (Å²) in [7, 11) is -1.00. The van der Waals surface area contributed by atoms with Gasteiger partial charge in [0.1, 0.15) is 5.60 Å². The second-order valence-electron chi connectivity index (χ2n) is 7.23. The van der Waals surface area contributed by atoms with Crippen molar-refractivity contribution in [2.45, 2.75) is 38.7 Å². The molecule has 2 rings (SSSR count). The molecule has 0 N–H and O–H groups in total. The molecule has 0 atom stereocenters. The number of carbonyl (C=O) groups is 1. The van der Waals surface area contributed by atoms with E-state index >= 15 is 0 Å². The summed E-state index contributed by atoms with van der Waals surface area (Å²) in [6, 6.07) is 7.01. The molecular weight excluding hydrogens is 580 g/mol.